The SMILES string of the molecule is O=C(O)C1(NS(=O)(=O)c2cncs2)CC2(CCCCC2)C1. The van der Waals surface area contributed by atoms with Crippen molar-refractivity contribution in [3.05, 3.63) is 11.7 Å². The first kappa shape index (κ1) is 14.9. The van der Waals surface area contributed by atoms with Gasteiger partial charge in [-0.15, -0.1) is 11.3 Å². The Balaban J connectivity index is 1.80. The first-order valence-electron chi connectivity index (χ1n) is 7.04. The average molecular weight is 330 g/mol. The molecule has 8 heteroatoms. The summed E-state index contributed by atoms with van der Waals surface area (Å²) < 4.78 is 27.0. The molecule has 0 bridgehead atoms. The normalized spacial score (nSPS) is 23.6. The third-order valence-electron chi connectivity index (χ3n) is 4.68. The van der Waals surface area contributed by atoms with Gasteiger partial charge in [-0.1, -0.05) is 19.3 Å². The number of thiazole rings is 1. The highest BCUT2D eigenvalue weighted by atomic mass is 32.2. The smallest absolute Gasteiger partial charge is 0.324 e. The van der Waals surface area contributed by atoms with Gasteiger partial charge >= 0.3 is 5.97 Å². The lowest BCUT2D eigenvalue weighted by Crippen LogP contribution is -2.66. The minimum atomic E-state index is -3.81. The van der Waals surface area contributed by atoms with Crippen LogP contribution in [0.5, 0.6) is 0 Å². The summed E-state index contributed by atoms with van der Waals surface area (Å²) in [7, 11) is -3.81. The molecule has 0 saturated heterocycles. The molecule has 0 aliphatic heterocycles. The summed E-state index contributed by atoms with van der Waals surface area (Å²) in [6.45, 7) is 0. The van der Waals surface area contributed by atoms with Gasteiger partial charge < -0.3 is 5.11 Å². The molecule has 0 amide bonds. The van der Waals surface area contributed by atoms with E-state index in [4.69, 9.17) is 0 Å². The maximum absolute atomic E-state index is 12.3. The van der Waals surface area contributed by atoms with Crippen LogP contribution in [-0.2, 0) is 14.8 Å². The zero-order valence-corrected chi connectivity index (χ0v) is 13.2. The Morgan fingerprint density at radius 2 is 1.95 bits per heavy atom. The van der Waals surface area contributed by atoms with Gasteiger partial charge in [-0.2, -0.15) is 4.72 Å². The molecular weight excluding hydrogens is 312 g/mol. The van der Waals surface area contributed by atoms with Crippen LogP contribution in [0.4, 0.5) is 0 Å². The number of aromatic nitrogens is 1. The van der Waals surface area contributed by atoms with Gasteiger partial charge in [0, 0.05) is 0 Å². The van der Waals surface area contributed by atoms with E-state index >= 15 is 0 Å². The summed E-state index contributed by atoms with van der Waals surface area (Å²) in [4.78, 5) is 15.4. The lowest BCUT2D eigenvalue weighted by molar-refractivity contribution is -0.156. The number of hydrogen-bond donors (Lipinski definition) is 2. The highest BCUT2D eigenvalue weighted by Crippen LogP contribution is 2.57. The van der Waals surface area contributed by atoms with E-state index in [0.29, 0.717) is 12.8 Å². The predicted octanol–water partition coefficient (Wildman–Crippen LogP) is 1.99. The molecule has 1 spiro atoms. The number of aliphatic carboxylic acids is 1. The average Bonchev–Trinajstić information content (AvgIpc) is 2.92. The van der Waals surface area contributed by atoms with E-state index in [2.05, 4.69) is 9.71 Å². The van der Waals surface area contributed by atoms with Crippen LogP contribution in [0.25, 0.3) is 0 Å². The molecule has 6 nitrogen and oxygen atoms in total. The first-order chi connectivity index (χ1) is 9.88. The maximum atomic E-state index is 12.3. The Labute approximate surface area is 127 Å². The molecule has 2 saturated carbocycles. The van der Waals surface area contributed by atoms with Gasteiger partial charge in [-0.05, 0) is 31.1 Å². The number of carbonyl (C=O) groups is 1. The molecular formula is C13H18N2O4S2. The summed E-state index contributed by atoms with van der Waals surface area (Å²) in [6.07, 6.45) is 7.45. The molecule has 1 heterocycles. The van der Waals surface area contributed by atoms with Crippen molar-refractivity contribution in [1.82, 2.24) is 9.71 Å². The quantitative estimate of drug-likeness (QED) is 0.880. The topological polar surface area (TPSA) is 96.4 Å². The van der Waals surface area contributed by atoms with Gasteiger partial charge in [0.15, 0.2) is 4.21 Å². The minimum Gasteiger partial charge on any atom is -0.480 e. The lowest BCUT2D eigenvalue weighted by atomic mass is 9.52. The second-order valence-electron chi connectivity index (χ2n) is 6.23. The number of carboxylic acids is 1. The number of carboxylic acid groups (broad SMARTS) is 1. The van der Waals surface area contributed by atoms with Crippen LogP contribution in [0, 0.1) is 5.41 Å². The standard InChI is InChI=1S/C13H18N2O4S2/c16-11(17)13(7-12(8-13)4-2-1-3-5-12)15-21(18,19)10-6-14-9-20-10/h6,9,15H,1-5,7-8H2,(H,16,17). The predicted molar refractivity (Wildman–Crippen MR) is 77.6 cm³/mol. The summed E-state index contributed by atoms with van der Waals surface area (Å²) in [5.74, 6) is -1.08. The van der Waals surface area contributed by atoms with Crippen LogP contribution in [0.2, 0.25) is 0 Å². The van der Waals surface area contributed by atoms with Crippen molar-refractivity contribution in [3.8, 4) is 0 Å². The fourth-order valence-electron chi connectivity index (χ4n) is 3.80. The van der Waals surface area contributed by atoms with Gasteiger partial charge in [0.2, 0.25) is 0 Å². The fourth-order valence-corrected chi connectivity index (χ4v) is 5.95. The van der Waals surface area contributed by atoms with E-state index < -0.39 is 21.5 Å². The van der Waals surface area contributed by atoms with Gasteiger partial charge in [0.1, 0.15) is 5.54 Å². The second-order valence-corrected chi connectivity index (χ2v) is 9.02. The van der Waals surface area contributed by atoms with E-state index in [-0.39, 0.29) is 9.62 Å². The second kappa shape index (κ2) is 5.03. The Morgan fingerprint density at radius 3 is 2.48 bits per heavy atom. The molecule has 0 unspecified atom stereocenters. The summed E-state index contributed by atoms with van der Waals surface area (Å²) in [5.41, 5.74) is 0.0957. The Kier molecular flexibility index (Phi) is 3.58. The van der Waals surface area contributed by atoms with E-state index in [1.807, 2.05) is 0 Å². The first-order valence-corrected chi connectivity index (χ1v) is 9.40. The van der Waals surface area contributed by atoms with Crippen LogP contribution < -0.4 is 4.72 Å². The monoisotopic (exact) mass is 330 g/mol. The van der Waals surface area contributed by atoms with Gasteiger partial charge in [0.05, 0.1) is 11.7 Å². The van der Waals surface area contributed by atoms with Crippen LogP contribution >= 0.6 is 11.3 Å². The molecule has 2 N–H and O–H groups in total. The van der Waals surface area contributed by atoms with E-state index in [9.17, 15) is 18.3 Å². The summed E-state index contributed by atoms with van der Waals surface area (Å²) >= 11 is 0.989. The number of hydrogen-bond acceptors (Lipinski definition) is 5. The number of rotatable bonds is 4. The molecule has 0 aromatic carbocycles. The summed E-state index contributed by atoms with van der Waals surface area (Å²) in [6, 6.07) is 0. The van der Waals surface area contributed by atoms with E-state index in [1.54, 1.807) is 0 Å². The van der Waals surface area contributed by atoms with Crippen LogP contribution in [0.3, 0.4) is 0 Å². The highest BCUT2D eigenvalue weighted by Gasteiger charge is 2.60. The fraction of sp³-hybridized carbons (Fsp3) is 0.692. The van der Waals surface area contributed by atoms with Gasteiger partial charge in [0.25, 0.3) is 10.0 Å². The Bertz CT molecular complexity index is 625. The third kappa shape index (κ3) is 2.60. The lowest BCUT2D eigenvalue weighted by Gasteiger charge is -2.55. The largest absolute Gasteiger partial charge is 0.480 e. The minimum absolute atomic E-state index is 0.0207. The highest BCUT2D eigenvalue weighted by molar-refractivity contribution is 7.91. The molecule has 2 aliphatic carbocycles. The van der Waals surface area contributed by atoms with Crippen LogP contribution in [0.1, 0.15) is 44.9 Å². The molecule has 116 valence electrons. The third-order valence-corrected chi connectivity index (χ3v) is 7.49. The zero-order chi connectivity index (χ0) is 15.1. The molecule has 1 aromatic rings. The number of sulfonamides is 1. The van der Waals surface area contributed by atoms with Gasteiger partial charge in [-0.25, -0.2) is 8.42 Å². The maximum Gasteiger partial charge on any atom is 0.324 e. The van der Waals surface area contributed by atoms with Crippen LogP contribution in [-0.4, -0.2) is 30.0 Å². The Hall–Kier alpha value is -0.990. The number of nitrogens with one attached hydrogen (secondary N) is 1. The van der Waals surface area contributed by atoms with Crippen molar-refractivity contribution in [2.24, 2.45) is 5.41 Å². The van der Waals surface area contributed by atoms with Crippen molar-refractivity contribution in [2.75, 3.05) is 0 Å². The molecule has 2 aliphatic rings. The molecule has 0 radical (unpaired) electrons. The van der Waals surface area contributed by atoms with Crippen molar-refractivity contribution in [3.63, 3.8) is 0 Å². The van der Waals surface area contributed by atoms with Crippen LogP contribution in [0.15, 0.2) is 15.9 Å². The summed E-state index contributed by atoms with van der Waals surface area (Å²) in [5, 5.41) is 9.52. The zero-order valence-electron chi connectivity index (χ0n) is 11.5. The van der Waals surface area contributed by atoms with E-state index in [0.717, 1.165) is 37.0 Å². The molecule has 1 aromatic heterocycles. The van der Waals surface area contributed by atoms with Crippen molar-refractivity contribution in [2.45, 2.75) is 54.7 Å². The molecule has 0 atom stereocenters. The van der Waals surface area contributed by atoms with E-state index in [1.165, 1.54) is 18.1 Å². The van der Waals surface area contributed by atoms with Crippen molar-refractivity contribution >= 4 is 27.3 Å². The van der Waals surface area contributed by atoms with Gasteiger partial charge in [-0.3, -0.25) is 9.78 Å². The Morgan fingerprint density at radius 1 is 1.29 bits per heavy atom. The molecule has 21 heavy (non-hydrogen) atoms. The molecule has 2 fully saturated rings. The molecule has 3 rings (SSSR count). The number of nitrogens with zero attached hydrogens (tertiary/aromatic N) is 1. The van der Waals surface area contributed by atoms with Crippen molar-refractivity contribution in [1.29, 1.82) is 0 Å². The van der Waals surface area contributed by atoms with Crippen molar-refractivity contribution < 1.29 is 18.3 Å².